The van der Waals surface area contributed by atoms with Crippen molar-refractivity contribution in [2.45, 2.75) is 47.0 Å². The van der Waals surface area contributed by atoms with Crippen LogP contribution < -0.4 is 21.3 Å². The summed E-state index contributed by atoms with van der Waals surface area (Å²) in [6, 6.07) is 0. The fraction of sp³-hybridized carbons (Fsp3) is 0.667. The number of hydrogen-bond donors (Lipinski definition) is 2. The van der Waals surface area contributed by atoms with E-state index in [9.17, 15) is 92.6 Å². The molecule has 1 aromatic rings. The van der Waals surface area contributed by atoms with Crippen LogP contribution in [0.25, 0.3) is 0 Å². The van der Waals surface area contributed by atoms with Gasteiger partial charge in [0.1, 0.15) is 11.4 Å². The Morgan fingerprint density at radius 3 is 1.14 bits per heavy atom. The summed E-state index contributed by atoms with van der Waals surface area (Å²) in [5, 5.41) is -7.88. The molecule has 0 fully saturated rings. The first-order valence-corrected chi connectivity index (χ1v) is 9.13. The Morgan fingerprint density at radius 1 is 0.528 bits per heavy atom. The van der Waals surface area contributed by atoms with Crippen LogP contribution >= 0.6 is 0 Å². The van der Waals surface area contributed by atoms with Gasteiger partial charge in [-0.3, -0.25) is 14.3 Å². The van der Waals surface area contributed by atoms with Crippen LogP contribution in [0.4, 0.5) is 86.0 Å². The minimum atomic E-state index is -8.98. The fourth-order valence-corrected chi connectivity index (χ4v) is 3.09. The Bertz CT molecular complexity index is 1210. The lowest BCUT2D eigenvalue weighted by atomic mass is 9.91. The first-order valence-electron chi connectivity index (χ1n) is 7.65. The van der Waals surface area contributed by atoms with Gasteiger partial charge < -0.3 is 5.73 Å². The second-order valence-electron chi connectivity index (χ2n) is 6.51. The number of nitrogens with two attached hydrogens (primary N) is 1. The normalized spacial score (nSPS) is 15.9. The van der Waals surface area contributed by atoms with Gasteiger partial charge in [0.15, 0.2) is 0 Å². The van der Waals surface area contributed by atoms with Crippen LogP contribution in [0.1, 0.15) is 0 Å². The summed E-state index contributed by atoms with van der Waals surface area (Å²) in [6.07, 6.45) is -7.94. The highest BCUT2D eigenvalue weighted by Crippen LogP contribution is 2.64. The smallest absolute Gasteiger partial charge is 0.394 e. The summed E-state index contributed by atoms with van der Waals surface area (Å²) in [7, 11) is -7.76. The van der Waals surface area contributed by atoms with Gasteiger partial charge in [-0.25, -0.2) is 0 Å². The number of nitrogens with one attached hydrogen (secondary N) is 1. The van der Waals surface area contributed by atoms with Crippen molar-refractivity contribution in [3.8, 4) is 0 Å². The first kappa shape index (κ1) is 31.5. The van der Waals surface area contributed by atoms with E-state index in [0.29, 0.717) is 0 Å². The molecule has 6 nitrogen and oxygen atoms in total. The number of halogens is 17. The minimum absolute atomic E-state index is 0.0504. The standard InChI is InChI=1S/C12H3F17N2O4S/c13-5(14,7(17,18)9(21,22)11(25,26)27)6(15,16)8(19,20)10(23,24)12(28,29)36(34,35)31-2-1(30)3(32)4(2)33/h31H,30H2. The molecule has 0 spiro atoms. The van der Waals surface area contributed by atoms with Gasteiger partial charge in [-0.15, -0.1) is 0 Å². The molecule has 1 aromatic carbocycles. The van der Waals surface area contributed by atoms with Gasteiger partial charge in [0.25, 0.3) is 10.9 Å². The van der Waals surface area contributed by atoms with Crippen molar-refractivity contribution in [3.63, 3.8) is 0 Å². The maximum Gasteiger partial charge on any atom is 0.460 e. The number of hydrogen-bond acceptors (Lipinski definition) is 5. The van der Waals surface area contributed by atoms with Gasteiger partial charge in [0.2, 0.25) is 0 Å². The molecule has 0 aliphatic rings. The third-order valence-corrected chi connectivity index (χ3v) is 5.62. The molecular formula is C12H3F17N2O4S. The summed E-state index contributed by atoms with van der Waals surface area (Å²) in [6.45, 7) is 0. The average molecular weight is 594 g/mol. The van der Waals surface area contributed by atoms with Crippen molar-refractivity contribution in [2.24, 2.45) is 0 Å². The average Bonchev–Trinajstić information content (AvgIpc) is 2.69. The Labute approximate surface area is 183 Å². The summed E-state index contributed by atoms with van der Waals surface area (Å²) < 4.78 is 246. The van der Waals surface area contributed by atoms with Gasteiger partial charge in [-0.2, -0.15) is 83.1 Å². The highest BCUT2D eigenvalue weighted by molar-refractivity contribution is 7.93. The minimum Gasteiger partial charge on any atom is -0.394 e. The summed E-state index contributed by atoms with van der Waals surface area (Å²) in [5.74, 6) is -52.5. The van der Waals surface area contributed by atoms with Crippen LogP contribution in [0.15, 0.2) is 9.59 Å². The van der Waals surface area contributed by atoms with Gasteiger partial charge >= 0.3 is 57.0 Å². The van der Waals surface area contributed by atoms with E-state index in [1.807, 2.05) is 0 Å². The van der Waals surface area contributed by atoms with E-state index in [-0.39, 0.29) is 4.72 Å². The SMILES string of the molecule is Nc1c(NS(=O)(=O)C(F)(F)C(F)(F)C(F)(F)C(F)(F)C(F)(F)C(F)(F)C(F)(F)C(F)(F)F)c(=O)c1=O. The Kier molecular flexibility index (Phi) is 6.75. The quantitative estimate of drug-likeness (QED) is 0.336. The number of alkyl halides is 17. The molecule has 0 saturated carbocycles. The van der Waals surface area contributed by atoms with Crippen LogP contribution in [0.3, 0.4) is 0 Å². The number of rotatable bonds is 9. The number of nitrogen functional groups attached to an aromatic ring is 1. The molecule has 0 unspecified atom stereocenters. The lowest BCUT2D eigenvalue weighted by molar-refractivity contribution is -0.458. The fourth-order valence-electron chi connectivity index (χ4n) is 2.03. The molecule has 0 amide bonds. The molecule has 210 valence electrons. The molecule has 0 aromatic heterocycles. The monoisotopic (exact) mass is 594 g/mol. The van der Waals surface area contributed by atoms with Crippen molar-refractivity contribution in [1.82, 2.24) is 0 Å². The maximum atomic E-state index is 13.8. The number of sulfonamides is 1. The Hall–Kier alpha value is -2.56. The topological polar surface area (TPSA) is 106 Å². The van der Waals surface area contributed by atoms with Crippen LogP contribution in [-0.4, -0.2) is 55.4 Å². The van der Waals surface area contributed by atoms with Crippen molar-refractivity contribution in [3.05, 3.63) is 20.4 Å². The van der Waals surface area contributed by atoms with Crippen LogP contribution in [0, 0.1) is 0 Å². The van der Waals surface area contributed by atoms with E-state index in [4.69, 9.17) is 0 Å². The zero-order valence-electron chi connectivity index (χ0n) is 15.5. The second-order valence-corrected chi connectivity index (χ2v) is 8.24. The largest absolute Gasteiger partial charge is 0.460 e. The van der Waals surface area contributed by atoms with E-state index in [2.05, 4.69) is 5.73 Å². The molecule has 0 saturated heterocycles. The molecular weight excluding hydrogens is 591 g/mol. The number of anilines is 2. The Balaban J connectivity index is 3.73. The molecule has 0 heterocycles. The predicted molar refractivity (Wildman–Crippen MR) is 79.0 cm³/mol. The van der Waals surface area contributed by atoms with E-state index < -0.39 is 79.2 Å². The maximum absolute atomic E-state index is 13.8. The molecule has 0 radical (unpaired) electrons. The highest BCUT2D eigenvalue weighted by Gasteiger charge is 2.96. The van der Waals surface area contributed by atoms with E-state index in [1.165, 1.54) is 0 Å². The van der Waals surface area contributed by atoms with E-state index in [0.717, 1.165) is 0 Å². The van der Waals surface area contributed by atoms with Crippen LogP contribution in [0.2, 0.25) is 0 Å². The molecule has 36 heavy (non-hydrogen) atoms. The van der Waals surface area contributed by atoms with Gasteiger partial charge in [-0.05, 0) is 0 Å². The third-order valence-electron chi connectivity index (χ3n) is 4.21. The molecule has 0 bridgehead atoms. The first-order chi connectivity index (χ1) is 15.3. The zero-order valence-corrected chi connectivity index (χ0v) is 16.4. The summed E-state index contributed by atoms with van der Waals surface area (Å²) in [5.41, 5.74) is -3.24. The zero-order chi connectivity index (χ0) is 29.5. The van der Waals surface area contributed by atoms with E-state index >= 15 is 0 Å². The lowest BCUT2D eigenvalue weighted by Crippen LogP contribution is -2.75. The molecule has 24 heteroatoms. The molecule has 0 aliphatic heterocycles. The highest BCUT2D eigenvalue weighted by atomic mass is 32.2. The third kappa shape index (κ3) is 3.56. The Morgan fingerprint density at radius 2 is 0.833 bits per heavy atom. The van der Waals surface area contributed by atoms with Crippen molar-refractivity contribution in [2.75, 3.05) is 10.5 Å². The molecule has 0 atom stereocenters. The second kappa shape index (κ2) is 7.72. The lowest BCUT2D eigenvalue weighted by Gasteiger charge is -2.42. The van der Waals surface area contributed by atoms with E-state index in [1.54, 1.807) is 0 Å². The van der Waals surface area contributed by atoms with Crippen LogP contribution in [0.5, 0.6) is 0 Å². The van der Waals surface area contributed by atoms with Crippen molar-refractivity contribution in [1.29, 1.82) is 0 Å². The molecule has 1 rings (SSSR count). The molecule has 0 aliphatic carbocycles. The molecule has 3 N–H and O–H groups in total. The van der Waals surface area contributed by atoms with Crippen LogP contribution in [-0.2, 0) is 10.0 Å². The van der Waals surface area contributed by atoms with Crippen molar-refractivity contribution >= 4 is 21.4 Å². The van der Waals surface area contributed by atoms with Gasteiger partial charge in [-0.1, -0.05) is 0 Å². The summed E-state index contributed by atoms with van der Waals surface area (Å²) >= 11 is 0. The summed E-state index contributed by atoms with van der Waals surface area (Å²) in [4.78, 5) is 21.7. The predicted octanol–water partition coefficient (Wildman–Crippen LogP) is 3.57. The van der Waals surface area contributed by atoms with Gasteiger partial charge in [0, 0.05) is 0 Å². The van der Waals surface area contributed by atoms with Gasteiger partial charge in [0.05, 0.1) is 0 Å². The van der Waals surface area contributed by atoms with Crippen molar-refractivity contribution < 1.29 is 83.1 Å².